The monoisotopic (exact) mass is 370 g/mol. The van der Waals surface area contributed by atoms with Crippen LogP contribution >= 0.6 is 0 Å². The fourth-order valence-corrected chi connectivity index (χ4v) is 2.17. The van der Waals surface area contributed by atoms with Gasteiger partial charge in [0, 0.05) is 11.1 Å². The van der Waals surface area contributed by atoms with Crippen LogP contribution in [0, 0.1) is 5.82 Å². The molecule has 1 aromatic heterocycles. The normalized spacial score (nSPS) is 10.4. The fraction of sp³-hybridized carbons (Fsp3) is 0.111. The van der Waals surface area contributed by atoms with E-state index in [0.717, 1.165) is 0 Å². The molecular weight excluding hydrogens is 355 g/mol. The van der Waals surface area contributed by atoms with Crippen LogP contribution in [0.25, 0.3) is 0 Å². The molecule has 0 fully saturated rings. The first-order valence-corrected chi connectivity index (χ1v) is 7.90. The number of amides is 2. The molecule has 3 rings (SSSR count). The van der Waals surface area contributed by atoms with Crippen LogP contribution in [0.4, 0.5) is 4.39 Å². The van der Waals surface area contributed by atoms with Gasteiger partial charge in [-0.15, -0.1) is 0 Å². The zero-order valence-corrected chi connectivity index (χ0v) is 14.0. The molecule has 138 valence electrons. The first kappa shape index (κ1) is 18.1. The highest BCUT2D eigenvalue weighted by Crippen LogP contribution is 2.15. The molecule has 0 radical (unpaired) electrons. The van der Waals surface area contributed by atoms with Gasteiger partial charge in [0.15, 0.2) is 5.82 Å². The minimum Gasteiger partial charge on any atom is -0.489 e. The number of aromatic nitrogens is 2. The van der Waals surface area contributed by atoms with E-state index in [0.29, 0.717) is 16.9 Å². The second kappa shape index (κ2) is 8.09. The smallest absolute Gasteiger partial charge is 0.315 e. The molecule has 0 aliphatic heterocycles. The van der Waals surface area contributed by atoms with Gasteiger partial charge in [0.2, 0.25) is 0 Å². The van der Waals surface area contributed by atoms with Crippen LogP contribution in [0.2, 0.25) is 0 Å². The van der Waals surface area contributed by atoms with Crippen molar-refractivity contribution in [1.29, 1.82) is 0 Å². The number of nitrogens with one attached hydrogen (secondary N) is 1. The Balaban J connectivity index is 1.53. The molecule has 3 aromatic rings. The highest BCUT2D eigenvalue weighted by molar-refractivity contribution is 5.94. The van der Waals surface area contributed by atoms with Gasteiger partial charge in [0.05, 0.1) is 6.54 Å². The first-order chi connectivity index (χ1) is 13.0. The van der Waals surface area contributed by atoms with Crippen molar-refractivity contribution in [3.8, 4) is 5.75 Å². The second-order valence-electron chi connectivity index (χ2n) is 5.47. The number of nitrogens with two attached hydrogens (primary N) is 1. The quantitative estimate of drug-likeness (QED) is 0.654. The Bertz CT molecular complexity index is 956. The standard InChI is InChI=1S/C18H15FN4O4/c19-14-4-2-1-3-12(14)10-26-13-7-5-11(6-8-13)17(25)21-9-15-22-18(16(20)24)27-23-15/h1-8H,9-10H2,(H2,20,24)(H,21,25). The molecule has 0 bridgehead atoms. The summed E-state index contributed by atoms with van der Waals surface area (Å²) in [7, 11) is 0. The molecule has 27 heavy (non-hydrogen) atoms. The van der Waals surface area contributed by atoms with Gasteiger partial charge in [-0.05, 0) is 30.3 Å². The molecule has 0 aliphatic rings. The van der Waals surface area contributed by atoms with E-state index in [4.69, 9.17) is 10.5 Å². The zero-order chi connectivity index (χ0) is 19.2. The minimum atomic E-state index is -0.842. The van der Waals surface area contributed by atoms with Crippen molar-refractivity contribution < 1.29 is 23.2 Å². The van der Waals surface area contributed by atoms with Gasteiger partial charge in [-0.3, -0.25) is 9.59 Å². The van der Waals surface area contributed by atoms with Gasteiger partial charge in [0.1, 0.15) is 18.2 Å². The molecule has 2 aromatic carbocycles. The Morgan fingerprint density at radius 2 is 1.89 bits per heavy atom. The Morgan fingerprint density at radius 1 is 1.15 bits per heavy atom. The third-order valence-corrected chi connectivity index (χ3v) is 3.55. The minimum absolute atomic E-state index is 0.0266. The maximum Gasteiger partial charge on any atom is 0.315 e. The summed E-state index contributed by atoms with van der Waals surface area (Å²) in [6, 6.07) is 12.7. The van der Waals surface area contributed by atoms with E-state index in [1.807, 2.05) is 0 Å². The lowest BCUT2D eigenvalue weighted by atomic mass is 10.2. The molecule has 9 heteroatoms. The highest BCUT2D eigenvalue weighted by atomic mass is 19.1. The number of halogens is 1. The van der Waals surface area contributed by atoms with E-state index in [1.54, 1.807) is 42.5 Å². The van der Waals surface area contributed by atoms with Crippen LogP contribution in [-0.4, -0.2) is 22.0 Å². The average Bonchev–Trinajstić information content (AvgIpc) is 3.15. The lowest BCUT2D eigenvalue weighted by Gasteiger charge is -2.08. The Kier molecular flexibility index (Phi) is 5.41. The SMILES string of the molecule is NC(=O)c1nc(CNC(=O)c2ccc(OCc3ccccc3F)cc2)no1. The summed E-state index contributed by atoms with van der Waals surface area (Å²) in [5.41, 5.74) is 5.82. The molecular formula is C18H15FN4O4. The van der Waals surface area contributed by atoms with Gasteiger partial charge in [-0.25, -0.2) is 4.39 Å². The maximum absolute atomic E-state index is 13.6. The number of nitrogens with zero attached hydrogens (tertiary/aromatic N) is 2. The van der Waals surface area contributed by atoms with Crippen LogP contribution in [0.15, 0.2) is 53.1 Å². The molecule has 0 saturated heterocycles. The van der Waals surface area contributed by atoms with E-state index in [-0.39, 0.29) is 36.6 Å². The number of carbonyl (C=O) groups is 2. The lowest BCUT2D eigenvalue weighted by molar-refractivity contribution is 0.0944. The van der Waals surface area contributed by atoms with E-state index in [1.165, 1.54) is 6.07 Å². The predicted octanol–water partition coefficient (Wildman–Crippen LogP) is 1.82. The van der Waals surface area contributed by atoms with Crippen molar-refractivity contribution >= 4 is 11.8 Å². The van der Waals surface area contributed by atoms with E-state index >= 15 is 0 Å². The zero-order valence-electron chi connectivity index (χ0n) is 14.0. The van der Waals surface area contributed by atoms with Crippen molar-refractivity contribution in [2.24, 2.45) is 5.73 Å². The number of ether oxygens (including phenoxy) is 1. The van der Waals surface area contributed by atoms with E-state index in [2.05, 4.69) is 20.0 Å². The lowest BCUT2D eigenvalue weighted by Crippen LogP contribution is -2.23. The summed E-state index contributed by atoms with van der Waals surface area (Å²) in [4.78, 5) is 26.7. The summed E-state index contributed by atoms with van der Waals surface area (Å²) in [6.45, 7) is 0.0550. The number of benzene rings is 2. The molecule has 0 spiro atoms. The number of carbonyl (C=O) groups excluding carboxylic acids is 2. The van der Waals surface area contributed by atoms with Crippen molar-refractivity contribution in [3.63, 3.8) is 0 Å². The maximum atomic E-state index is 13.6. The van der Waals surface area contributed by atoms with Crippen LogP contribution in [-0.2, 0) is 13.2 Å². The third kappa shape index (κ3) is 4.66. The average molecular weight is 370 g/mol. The summed E-state index contributed by atoms with van der Waals surface area (Å²) in [5.74, 6) is -1.25. The predicted molar refractivity (Wildman–Crippen MR) is 91.2 cm³/mol. The van der Waals surface area contributed by atoms with Crippen LogP contribution in [0.3, 0.4) is 0 Å². The molecule has 0 unspecified atom stereocenters. The van der Waals surface area contributed by atoms with E-state index < -0.39 is 5.91 Å². The molecule has 8 nitrogen and oxygen atoms in total. The first-order valence-electron chi connectivity index (χ1n) is 7.90. The molecule has 0 saturated carbocycles. The Morgan fingerprint density at radius 3 is 2.56 bits per heavy atom. The molecule has 0 atom stereocenters. The number of primary amides is 1. The van der Waals surface area contributed by atoms with Gasteiger partial charge in [-0.1, -0.05) is 23.4 Å². The Hall–Kier alpha value is -3.75. The highest BCUT2D eigenvalue weighted by Gasteiger charge is 2.13. The number of hydrogen-bond donors (Lipinski definition) is 2. The largest absolute Gasteiger partial charge is 0.489 e. The van der Waals surface area contributed by atoms with Crippen LogP contribution in [0.1, 0.15) is 32.4 Å². The van der Waals surface area contributed by atoms with Crippen molar-refractivity contribution in [3.05, 3.63) is 77.2 Å². The molecule has 2 amide bonds. The number of rotatable bonds is 7. The summed E-state index contributed by atoms with van der Waals surface area (Å²) in [5, 5.41) is 6.11. The summed E-state index contributed by atoms with van der Waals surface area (Å²) < 4.78 is 23.7. The van der Waals surface area contributed by atoms with Crippen LogP contribution < -0.4 is 15.8 Å². The van der Waals surface area contributed by atoms with Gasteiger partial charge >= 0.3 is 11.8 Å². The summed E-state index contributed by atoms with van der Waals surface area (Å²) >= 11 is 0. The molecule has 1 heterocycles. The van der Waals surface area contributed by atoms with Gasteiger partial charge in [0.25, 0.3) is 5.91 Å². The fourth-order valence-electron chi connectivity index (χ4n) is 2.17. The molecule has 0 aliphatic carbocycles. The second-order valence-corrected chi connectivity index (χ2v) is 5.47. The summed E-state index contributed by atoms with van der Waals surface area (Å²) in [6.07, 6.45) is 0. The van der Waals surface area contributed by atoms with Gasteiger partial charge in [-0.2, -0.15) is 4.98 Å². The molecule has 3 N–H and O–H groups in total. The Labute approximate surface area is 153 Å². The van der Waals surface area contributed by atoms with Crippen molar-refractivity contribution in [2.75, 3.05) is 0 Å². The topological polar surface area (TPSA) is 120 Å². The van der Waals surface area contributed by atoms with Crippen molar-refractivity contribution in [2.45, 2.75) is 13.2 Å². The van der Waals surface area contributed by atoms with E-state index in [9.17, 15) is 14.0 Å². The number of hydrogen-bond acceptors (Lipinski definition) is 6. The third-order valence-electron chi connectivity index (χ3n) is 3.55. The van der Waals surface area contributed by atoms with Gasteiger partial charge < -0.3 is 20.3 Å². The van der Waals surface area contributed by atoms with Crippen LogP contribution in [0.5, 0.6) is 5.75 Å². The van der Waals surface area contributed by atoms with Crippen molar-refractivity contribution in [1.82, 2.24) is 15.5 Å².